The molecular formula is C15H18ClNO2. The van der Waals surface area contributed by atoms with Crippen molar-refractivity contribution in [3.05, 3.63) is 34.3 Å². The molecule has 0 spiro atoms. The van der Waals surface area contributed by atoms with Crippen LogP contribution < -0.4 is 0 Å². The van der Waals surface area contributed by atoms with Crippen molar-refractivity contribution >= 4 is 23.3 Å². The van der Waals surface area contributed by atoms with Crippen LogP contribution in [0.3, 0.4) is 0 Å². The van der Waals surface area contributed by atoms with E-state index in [1.54, 1.807) is 24.0 Å². The molecule has 2 rings (SSSR count). The lowest BCUT2D eigenvalue weighted by Crippen LogP contribution is -2.36. The Morgan fingerprint density at radius 1 is 1.42 bits per heavy atom. The molecule has 1 saturated heterocycles. The minimum absolute atomic E-state index is 0.0300. The average molecular weight is 280 g/mol. The normalized spacial score (nSPS) is 18.7. The lowest BCUT2D eigenvalue weighted by Gasteiger charge is -2.24. The van der Waals surface area contributed by atoms with Crippen LogP contribution in [0.5, 0.6) is 0 Å². The van der Waals surface area contributed by atoms with Gasteiger partial charge in [0, 0.05) is 19.0 Å². The van der Waals surface area contributed by atoms with Gasteiger partial charge < -0.3 is 4.90 Å². The van der Waals surface area contributed by atoms with E-state index in [-0.39, 0.29) is 17.7 Å². The first kappa shape index (κ1) is 14.1. The zero-order chi connectivity index (χ0) is 14.0. The van der Waals surface area contributed by atoms with Gasteiger partial charge in [-0.1, -0.05) is 17.7 Å². The van der Waals surface area contributed by atoms with E-state index in [1.165, 1.54) is 0 Å². The number of Topliss-reactive ketones (excluding diaryl/α,β-unsaturated/α-hetero) is 1. The van der Waals surface area contributed by atoms with E-state index in [0.717, 1.165) is 18.4 Å². The molecule has 0 aliphatic carbocycles. The molecule has 3 nitrogen and oxygen atoms in total. The van der Waals surface area contributed by atoms with E-state index >= 15 is 0 Å². The molecule has 0 saturated carbocycles. The fourth-order valence-corrected chi connectivity index (χ4v) is 2.91. The summed E-state index contributed by atoms with van der Waals surface area (Å²) in [6.07, 6.45) is 2.29. The Morgan fingerprint density at radius 3 is 2.79 bits per heavy atom. The second-order valence-electron chi connectivity index (χ2n) is 5.18. The molecule has 1 fully saturated rings. The predicted octanol–water partition coefficient (Wildman–Crippen LogP) is 3.23. The maximum Gasteiger partial charge on any atom is 0.255 e. The summed E-state index contributed by atoms with van der Waals surface area (Å²) in [6.45, 7) is 4.22. The summed E-state index contributed by atoms with van der Waals surface area (Å²) >= 11 is 6.14. The van der Waals surface area contributed by atoms with E-state index in [1.807, 2.05) is 13.0 Å². The third-order valence-electron chi connectivity index (χ3n) is 3.52. The molecule has 1 aliphatic heterocycles. The summed E-state index contributed by atoms with van der Waals surface area (Å²) in [5.74, 6) is 0.0634. The standard InChI is InChI=1S/C15H18ClNO2/c1-10-5-6-13(14(16)8-10)15(19)17-7-3-4-12(17)9-11(2)18/h5-6,8,12H,3-4,7,9H2,1-2H3. The summed E-state index contributed by atoms with van der Waals surface area (Å²) in [5.41, 5.74) is 1.56. The number of hydrogen-bond donors (Lipinski definition) is 0. The van der Waals surface area contributed by atoms with Gasteiger partial charge in [0.1, 0.15) is 5.78 Å². The number of rotatable bonds is 3. The molecule has 1 heterocycles. The first-order chi connectivity index (χ1) is 8.99. The molecule has 1 aliphatic rings. The molecule has 0 aromatic heterocycles. The molecule has 1 aromatic rings. The molecule has 4 heteroatoms. The third kappa shape index (κ3) is 3.16. The van der Waals surface area contributed by atoms with Crippen LogP contribution in [0.4, 0.5) is 0 Å². The van der Waals surface area contributed by atoms with Gasteiger partial charge in [0.25, 0.3) is 5.91 Å². The Balaban J connectivity index is 2.20. The second-order valence-corrected chi connectivity index (χ2v) is 5.59. The van der Waals surface area contributed by atoms with Crippen LogP contribution in [-0.2, 0) is 4.79 Å². The number of carbonyl (C=O) groups is 2. The third-order valence-corrected chi connectivity index (χ3v) is 3.83. The molecule has 19 heavy (non-hydrogen) atoms. The summed E-state index contributed by atoms with van der Waals surface area (Å²) in [6, 6.07) is 5.48. The quantitative estimate of drug-likeness (QED) is 0.852. The van der Waals surface area contributed by atoms with Crippen molar-refractivity contribution in [2.75, 3.05) is 6.54 Å². The van der Waals surface area contributed by atoms with Crippen LogP contribution in [0.1, 0.15) is 42.1 Å². The second kappa shape index (κ2) is 5.74. The van der Waals surface area contributed by atoms with Crippen LogP contribution in [0.15, 0.2) is 18.2 Å². The monoisotopic (exact) mass is 279 g/mol. The molecule has 0 radical (unpaired) electrons. The predicted molar refractivity (Wildman–Crippen MR) is 75.5 cm³/mol. The van der Waals surface area contributed by atoms with Crippen molar-refractivity contribution in [3.8, 4) is 0 Å². The van der Waals surface area contributed by atoms with Crippen molar-refractivity contribution in [3.63, 3.8) is 0 Å². The first-order valence-corrected chi connectivity index (χ1v) is 6.93. The van der Waals surface area contributed by atoms with Crippen molar-refractivity contribution in [1.29, 1.82) is 0 Å². The highest BCUT2D eigenvalue weighted by Crippen LogP contribution is 2.26. The lowest BCUT2D eigenvalue weighted by molar-refractivity contribution is -0.117. The van der Waals surface area contributed by atoms with Crippen LogP contribution in [0, 0.1) is 6.92 Å². The largest absolute Gasteiger partial charge is 0.335 e. The van der Waals surface area contributed by atoms with E-state index in [4.69, 9.17) is 11.6 Å². The van der Waals surface area contributed by atoms with Gasteiger partial charge in [0.15, 0.2) is 0 Å². The van der Waals surface area contributed by atoms with Gasteiger partial charge >= 0.3 is 0 Å². The van der Waals surface area contributed by atoms with Gasteiger partial charge in [0.05, 0.1) is 10.6 Å². The number of hydrogen-bond acceptors (Lipinski definition) is 2. The zero-order valence-corrected chi connectivity index (χ0v) is 12.0. The number of aryl methyl sites for hydroxylation is 1. The number of likely N-dealkylation sites (tertiary alicyclic amines) is 1. The van der Waals surface area contributed by atoms with E-state index in [2.05, 4.69) is 0 Å². The highest BCUT2D eigenvalue weighted by atomic mass is 35.5. The minimum Gasteiger partial charge on any atom is -0.335 e. The Hall–Kier alpha value is -1.35. The Kier molecular flexibility index (Phi) is 4.25. The molecule has 0 N–H and O–H groups in total. The minimum atomic E-state index is -0.0613. The van der Waals surface area contributed by atoms with Gasteiger partial charge in [0.2, 0.25) is 0 Å². The molecular weight excluding hydrogens is 262 g/mol. The molecule has 1 unspecified atom stereocenters. The van der Waals surface area contributed by atoms with Crippen molar-refractivity contribution in [2.45, 2.75) is 39.2 Å². The van der Waals surface area contributed by atoms with Gasteiger partial charge in [-0.05, 0) is 44.4 Å². The summed E-state index contributed by atoms with van der Waals surface area (Å²) in [7, 11) is 0. The maximum atomic E-state index is 12.5. The SMILES string of the molecule is CC(=O)CC1CCCN1C(=O)c1ccc(C)cc1Cl. The fraction of sp³-hybridized carbons (Fsp3) is 0.467. The van der Waals surface area contributed by atoms with Crippen LogP contribution in [0.2, 0.25) is 5.02 Å². The van der Waals surface area contributed by atoms with Crippen LogP contribution >= 0.6 is 11.6 Å². The molecule has 0 bridgehead atoms. The van der Waals surface area contributed by atoms with E-state index in [9.17, 15) is 9.59 Å². The van der Waals surface area contributed by atoms with Crippen LogP contribution in [0.25, 0.3) is 0 Å². The van der Waals surface area contributed by atoms with Crippen molar-refractivity contribution < 1.29 is 9.59 Å². The van der Waals surface area contributed by atoms with Gasteiger partial charge in [-0.2, -0.15) is 0 Å². The Morgan fingerprint density at radius 2 is 2.16 bits per heavy atom. The summed E-state index contributed by atoms with van der Waals surface area (Å²) < 4.78 is 0. The molecule has 1 aromatic carbocycles. The number of nitrogens with zero attached hydrogens (tertiary/aromatic N) is 1. The van der Waals surface area contributed by atoms with E-state index in [0.29, 0.717) is 23.6 Å². The number of amides is 1. The Labute approximate surface area is 118 Å². The molecule has 1 atom stereocenters. The molecule has 102 valence electrons. The topological polar surface area (TPSA) is 37.4 Å². The number of carbonyl (C=O) groups excluding carboxylic acids is 2. The first-order valence-electron chi connectivity index (χ1n) is 6.55. The van der Waals surface area contributed by atoms with Gasteiger partial charge in [-0.3, -0.25) is 9.59 Å². The smallest absolute Gasteiger partial charge is 0.255 e. The van der Waals surface area contributed by atoms with Gasteiger partial charge in [-0.25, -0.2) is 0 Å². The number of benzene rings is 1. The van der Waals surface area contributed by atoms with Gasteiger partial charge in [-0.15, -0.1) is 0 Å². The maximum absolute atomic E-state index is 12.5. The van der Waals surface area contributed by atoms with Crippen molar-refractivity contribution in [2.24, 2.45) is 0 Å². The highest BCUT2D eigenvalue weighted by Gasteiger charge is 2.30. The summed E-state index contributed by atoms with van der Waals surface area (Å²) in [4.78, 5) is 25.5. The summed E-state index contributed by atoms with van der Waals surface area (Å²) in [5, 5.41) is 0.485. The van der Waals surface area contributed by atoms with Crippen LogP contribution in [-0.4, -0.2) is 29.2 Å². The average Bonchev–Trinajstić information content (AvgIpc) is 2.75. The highest BCUT2D eigenvalue weighted by molar-refractivity contribution is 6.33. The molecule has 1 amide bonds. The zero-order valence-electron chi connectivity index (χ0n) is 11.3. The van der Waals surface area contributed by atoms with Crippen molar-refractivity contribution in [1.82, 2.24) is 4.90 Å². The fourth-order valence-electron chi connectivity index (χ4n) is 2.60. The van der Waals surface area contributed by atoms with E-state index < -0.39 is 0 Å². The Bertz CT molecular complexity index is 513. The number of ketones is 1. The number of halogens is 1. The lowest BCUT2D eigenvalue weighted by atomic mass is 10.1.